The molecule has 33 heavy (non-hydrogen) atoms. The maximum atomic E-state index is 12.4. The fourth-order valence-electron chi connectivity index (χ4n) is 3.29. The van der Waals surface area contributed by atoms with Crippen molar-refractivity contribution in [1.82, 2.24) is 15.0 Å². The molecular weight excluding hydrogens is 444 g/mol. The van der Waals surface area contributed by atoms with E-state index in [2.05, 4.69) is 20.3 Å². The lowest BCUT2D eigenvalue weighted by atomic mass is 10.1. The van der Waals surface area contributed by atoms with Crippen LogP contribution in [0.3, 0.4) is 0 Å². The molecule has 0 bridgehead atoms. The number of para-hydroxylation sites is 1. The summed E-state index contributed by atoms with van der Waals surface area (Å²) in [6, 6.07) is 12.8. The van der Waals surface area contributed by atoms with Gasteiger partial charge in [0.05, 0.1) is 12.8 Å². The number of nitrogens with zero attached hydrogens (tertiary/aromatic N) is 3. The number of thiazole rings is 1. The zero-order valence-electron chi connectivity index (χ0n) is 17.3. The van der Waals surface area contributed by atoms with E-state index in [9.17, 15) is 9.59 Å². The van der Waals surface area contributed by atoms with Crippen molar-refractivity contribution in [2.24, 2.45) is 0 Å². The highest BCUT2D eigenvalue weighted by atomic mass is 32.1. The number of benzene rings is 2. The van der Waals surface area contributed by atoms with Crippen molar-refractivity contribution in [3.05, 3.63) is 65.9 Å². The Balaban J connectivity index is 1.27. The van der Waals surface area contributed by atoms with Crippen LogP contribution >= 0.6 is 11.3 Å². The molecule has 0 saturated heterocycles. The maximum absolute atomic E-state index is 12.4. The van der Waals surface area contributed by atoms with Gasteiger partial charge in [-0.05, 0) is 18.2 Å². The van der Waals surface area contributed by atoms with Crippen LogP contribution in [0.15, 0.2) is 64.7 Å². The number of esters is 1. The number of nitrogens with one attached hydrogen (secondary N) is 1. The molecule has 0 aliphatic carbocycles. The molecule has 9 nitrogen and oxygen atoms in total. The highest BCUT2D eigenvalue weighted by molar-refractivity contribution is 7.13. The summed E-state index contributed by atoms with van der Waals surface area (Å²) >= 11 is 1.21. The van der Waals surface area contributed by atoms with Gasteiger partial charge >= 0.3 is 5.97 Å². The third kappa shape index (κ3) is 4.11. The summed E-state index contributed by atoms with van der Waals surface area (Å²) in [4.78, 5) is 37.1. The quantitative estimate of drug-likeness (QED) is 0.373. The van der Waals surface area contributed by atoms with Crippen LogP contribution < -0.4 is 10.1 Å². The van der Waals surface area contributed by atoms with Crippen LogP contribution in [0, 0.1) is 0 Å². The maximum Gasteiger partial charge on any atom is 0.358 e. The SMILES string of the molecule is COc1cc2c(cc1NC(=O)COC(=O)c1csc(-c3ncccn3)n1)oc1ccccc12. The molecule has 0 unspecified atom stereocenters. The van der Waals surface area contributed by atoms with E-state index in [-0.39, 0.29) is 5.69 Å². The standard InChI is InChI=1S/C23H16N4O5S/c1-30-19-9-14-13-5-2-3-6-17(13)32-18(14)10-15(19)26-20(28)11-31-23(29)16-12-33-22(27-16)21-24-7-4-8-25-21/h2-10,12H,11H2,1H3,(H,26,28). The van der Waals surface area contributed by atoms with Gasteiger partial charge in [-0.1, -0.05) is 18.2 Å². The van der Waals surface area contributed by atoms with Crippen molar-refractivity contribution < 1.29 is 23.5 Å². The second kappa shape index (κ2) is 8.67. The minimum atomic E-state index is -0.719. The van der Waals surface area contributed by atoms with Gasteiger partial charge in [0.15, 0.2) is 23.1 Å². The van der Waals surface area contributed by atoms with Crippen LogP contribution in [0.1, 0.15) is 10.5 Å². The molecule has 0 radical (unpaired) electrons. The molecule has 2 aromatic carbocycles. The highest BCUT2D eigenvalue weighted by Gasteiger charge is 2.18. The number of aromatic nitrogens is 3. The van der Waals surface area contributed by atoms with E-state index in [1.165, 1.54) is 23.8 Å². The van der Waals surface area contributed by atoms with Gasteiger partial charge in [-0.15, -0.1) is 11.3 Å². The number of amides is 1. The number of ether oxygens (including phenoxy) is 2. The zero-order valence-corrected chi connectivity index (χ0v) is 18.1. The van der Waals surface area contributed by atoms with Gasteiger partial charge in [-0.2, -0.15) is 0 Å². The van der Waals surface area contributed by atoms with Gasteiger partial charge < -0.3 is 19.2 Å². The van der Waals surface area contributed by atoms with Gasteiger partial charge in [0.1, 0.15) is 16.9 Å². The number of hydrogen-bond donors (Lipinski definition) is 1. The second-order valence-corrected chi connectivity index (χ2v) is 7.74. The van der Waals surface area contributed by atoms with Crippen LogP contribution in [0.2, 0.25) is 0 Å². The van der Waals surface area contributed by atoms with Crippen molar-refractivity contribution in [3.8, 4) is 16.6 Å². The van der Waals surface area contributed by atoms with E-state index in [0.717, 1.165) is 16.4 Å². The Morgan fingerprint density at radius 3 is 2.70 bits per heavy atom. The number of fused-ring (bicyclic) bond motifs is 3. The molecule has 3 aromatic heterocycles. The Morgan fingerprint density at radius 1 is 1.06 bits per heavy atom. The first kappa shape index (κ1) is 20.6. The predicted molar refractivity (Wildman–Crippen MR) is 122 cm³/mol. The van der Waals surface area contributed by atoms with E-state index in [0.29, 0.717) is 27.9 Å². The molecule has 0 saturated carbocycles. The molecule has 3 heterocycles. The smallest absolute Gasteiger partial charge is 0.358 e. The topological polar surface area (TPSA) is 116 Å². The first-order chi connectivity index (χ1) is 16.1. The van der Waals surface area contributed by atoms with Gasteiger partial charge in [0.2, 0.25) is 0 Å². The van der Waals surface area contributed by atoms with Crippen molar-refractivity contribution in [2.75, 3.05) is 19.0 Å². The number of methoxy groups -OCH3 is 1. The summed E-state index contributed by atoms with van der Waals surface area (Å²) in [5, 5.41) is 6.53. The Labute approximate surface area is 191 Å². The number of anilines is 1. The van der Waals surface area contributed by atoms with Crippen LogP contribution in [0.25, 0.3) is 32.8 Å². The molecule has 1 N–H and O–H groups in total. The number of hydrogen-bond acceptors (Lipinski definition) is 9. The average Bonchev–Trinajstić information content (AvgIpc) is 3.47. The molecular formula is C23H16N4O5S. The fraction of sp³-hybridized carbons (Fsp3) is 0.0870. The third-order valence-electron chi connectivity index (χ3n) is 4.78. The van der Waals surface area contributed by atoms with Gasteiger partial charge in [-0.3, -0.25) is 4.79 Å². The normalized spacial score (nSPS) is 10.9. The Hall–Kier alpha value is -4.31. The van der Waals surface area contributed by atoms with E-state index in [1.54, 1.807) is 30.6 Å². The predicted octanol–water partition coefficient (Wildman–Crippen LogP) is 4.30. The molecule has 0 atom stereocenters. The summed E-state index contributed by atoms with van der Waals surface area (Å²) in [7, 11) is 1.51. The average molecular weight is 460 g/mol. The van der Waals surface area contributed by atoms with Crippen LogP contribution in [-0.4, -0.2) is 40.5 Å². The molecule has 0 aliphatic rings. The summed E-state index contributed by atoms with van der Waals surface area (Å²) in [6.07, 6.45) is 3.17. The number of carbonyl (C=O) groups excluding carboxylic acids is 2. The molecule has 0 spiro atoms. The largest absolute Gasteiger partial charge is 0.495 e. The van der Waals surface area contributed by atoms with Crippen LogP contribution in [0.4, 0.5) is 5.69 Å². The van der Waals surface area contributed by atoms with E-state index in [1.807, 2.05) is 24.3 Å². The Morgan fingerprint density at radius 2 is 1.88 bits per heavy atom. The minimum Gasteiger partial charge on any atom is -0.495 e. The molecule has 5 aromatic rings. The first-order valence-corrected chi connectivity index (χ1v) is 10.7. The summed E-state index contributed by atoms with van der Waals surface area (Å²) in [5.41, 5.74) is 1.82. The number of rotatable bonds is 6. The minimum absolute atomic E-state index is 0.0801. The van der Waals surface area contributed by atoms with Gasteiger partial charge in [0, 0.05) is 34.6 Å². The van der Waals surface area contributed by atoms with Crippen molar-refractivity contribution in [1.29, 1.82) is 0 Å². The van der Waals surface area contributed by atoms with E-state index >= 15 is 0 Å². The lowest BCUT2D eigenvalue weighted by Gasteiger charge is -2.10. The van der Waals surface area contributed by atoms with E-state index < -0.39 is 18.5 Å². The Kier molecular flexibility index (Phi) is 5.41. The summed E-state index contributed by atoms with van der Waals surface area (Å²) < 4.78 is 16.4. The second-order valence-electron chi connectivity index (χ2n) is 6.88. The van der Waals surface area contributed by atoms with Crippen molar-refractivity contribution in [2.45, 2.75) is 0 Å². The van der Waals surface area contributed by atoms with Crippen molar-refractivity contribution >= 4 is 50.8 Å². The highest BCUT2D eigenvalue weighted by Crippen LogP contribution is 2.36. The summed E-state index contributed by atoms with van der Waals surface area (Å²) in [5.74, 6) is -0.379. The summed E-state index contributed by atoms with van der Waals surface area (Å²) in [6.45, 7) is -0.491. The fourth-order valence-corrected chi connectivity index (χ4v) is 4.02. The Bertz CT molecular complexity index is 1480. The van der Waals surface area contributed by atoms with Crippen molar-refractivity contribution in [3.63, 3.8) is 0 Å². The number of furan rings is 1. The number of carbonyl (C=O) groups is 2. The lowest BCUT2D eigenvalue weighted by molar-refractivity contribution is -0.119. The molecule has 0 fully saturated rings. The van der Waals surface area contributed by atoms with Gasteiger partial charge in [0.25, 0.3) is 5.91 Å². The molecule has 164 valence electrons. The third-order valence-corrected chi connectivity index (χ3v) is 5.62. The van der Waals surface area contributed by atoms with E-state index in [4.69, 9.17) is 13.9 Å². The molecule has 10 heteroatoms. The monoisotopic (exact) mass is 460 g/mol. The first-order valence-electron chi connectivity index (χ1n) is 9.81. The molecule has 0 aliphatic heterocycles. The lowest BCUT2D eigenvalue weighted by Crippen LogP contribution is -2.21. The molecule has 5 rings (SSSR count). The van der Waals surface area contributed by atoms with Gasteiger partial charge in [-0.25, -0.2) is 19.7 Å². The molecule has 1 amide bonds. The van der Waals surface area contributed by atoms with Crippen LogP contribution in [-0.2, 0) is 9.53 Å². The van der Waals surface area contributed by atoms with Crippen LogP contribution in [0.5, 0.6) is 5.75 Å². The zero-order chi connectivity index (χ0) is 22.8.